The van der Waals surface area contributed by atoms with Crippen LogP contribution in [0.5, 0.6) is 0 Å². The first kappa shape index (κ1) is 23.2. The van der Waals surface area contributed by atoms with Gasteiger partial charge in [0.05, 0.1) is 10.5 Å². The van der Waals surface area contributed by atoms with Gasteiger partial charge < -0.3 is 15.4 Å². The number of nitrogens with zero attached hydrogens (tertiary/aromatic N) is 1. The molecule has 0 saturated heterocycles. The van der Waals surface area contributed by atoms with Gasteiger partial charge in [0.2, 0.25) is 0 Å². The number of esters is 1. The Morgan fingerprint density at radius 1 is 1.21 bits per heavy atom. The van der Waals surface area contributed by atoms with E-state index in [2.05, 4.69) is 10.6 Å². The van der Waals surface area contributed by atoms with Crippen molar-refractivity contribution in [3.05, 3.63) is 33.9 Å². The summed E-state index contributed by atoms with van der Waals surface area (Å²) in [6.45, 7) is 6.35. The van der Waals surface area contributed by atoms with Crippen molar-refractivity contribution in [1.82, 2.24) is 5.32 Å². The zero-order valence-corrected chi connectivity index (χ0v) is 15.8. The van der Waals surface area contributed by atoms with E-state index in [4.69, 9.17) is 4.74 Å². The van der Waals surface area contributed by atoms with Crippen LogP contribution in [-0.4, -0.2) is 35.5 Å². The number of carbonyl (C=O) groups excluding carboxylic acids is 2. The first-order chi connectivity index (χ1) is 12.8. The third-order valence-corrected chi connectivity index (χ3v) is 3.98. The van der Waals surface area contributed by atoms with Crippen LogP contribution < -0.4 is 10.6 Å². The lowest BCUT2D eigenvalue weighted by molar-refractivity contribution is -0.384. The number of halogens is 3. The molecule has 11 heteroatoms. The average Bonchev–Trinajstić information content (AvgIpc) is 2.58. The Morgan fingerprint density at radius 3 is 2.32 bits per heavy atom. The normalized spacial score (nSPS) is 13.6. The summed E-state index contributed by atoms with van der Waals surface area (Å²) >= 11 is 0. The molecular formula is C17H22F3N3O5. The van der Waals surface area contributed by atoms with Gasteiger partial charge in [-0.15, -0.1) is 0 Å². The smallest absolute Gasteiger partial charge is 0.416 e. The van der Waals surface area contributed by atoms with Crippen LogP contribution in [0.4, 0.5) is 24.5 Å². The first-order valence-corrected chi connectivity index (χ1v) is 8.41. The highest BCUT2D eigenvalue weighted by Crippen LogP contribution is 2.35. The van der Waals surface area contributed by atoms with Gasteiger partial charge in [-0.25, -0.2) is 4.79 Å². The second-order valence-corrected chi connectivity index (χ2v) is 6.56. The molecule has 2 N–H and O–H groups in total. The van der Waals surface area contributed by atoms with Gasteiger partial charge in [0.15, 0.2) is 6.61 Å². The van der Waals surface area contributed by atoms with Crippen LogP contribution in [0, 0.1) is 16.0 Å². The number of nitrogens with one attached hydrogen (secondary N) is 2. The zero-order chi connectivity index (χ0) is 21.6. The van der Waals surface area contributed by atoms with Crippen LogP contribution in [0.15, 0.2) is 18.2 Å². The number of amides is 1. The van der Waals surface area contributed by atoms with Gasteiger partial charge in [0, 0.05) is 12.1 Å². The number of alkyl halides is 3. The molecule has 0 bridgehead atoms. The molecule has 1 rings (SSSR count). The summed E-state index contributed by atoms with van der Waals surface area (Å²) in [5, 5.41) is 16.1. The van der Waals surface area contributed by atoms with E-state index in [1.165, 1.54) is 6.92 Å². The van der Waals surface area contributed by atoms with Gasteiger partial charge in [-0.2, -0.15) is 13.2 Å². The summed E-state index contributed by atoms with van der Waals surface area (Å²) in [6, 6.07) is 0.638. The minimum atomic E-state index is -4.74. The molecule has 0 aliphatic carbocycles. The van der Waals surface area contributed by atoms with Gasteiger partial charge in [0.25, 0.3) is 11.6 Å². The van der Waals surface area contributed by atoms with Crippen LogP contribution in [-0.2, 0) is 20.5 Å². The molecule has 28 heavy (non-hydrogen) atoms. The second-order valence-electron chi connectivity index (χ2n) is 6.56. The quantitative estimate of drug-likeness (QED) is 0.391. The van der Waals surface area contributed by atoms with Crippen LogP contribution >= 0.6 is 0 Å². The van der Waals surface area contributed by atoms with Crippen molar-refractivity contribution in [3.8, 4) is 0 Å². The second kappa shape index (κ2) is 9.38. The largest absolute Gasteiger partial charge is 0.454 e. The Labute approximate surface area is 159 Å². The summed E-state index contributed by atoms with van der Waals surface area (Å²) < 4.78 is 43.0. The molecule has 156 valence electrons. The fourth-order valence-corrected chi connectivity index (χ4v) is 2.00. The van der Waals surface area contributed by atoms with E-state index >= 15 is 0 Å². The van der Waals surface area contributed by atoms with Gasteiger partial charge in [-0.3, -0.25) is 14.9 Å². The van der Waals surface area contributed by atoms with Crippen molar-refractivity contribution in [2.45, 2.75) is 46.0 Å². The maximum Gasteiger partial charge on any atom is 0.416 e. The Kier molecular flexibility index (Phi) is 7.77. The van der Waals surface area contributed by atoms with Crippen molar-refractivity contribution in [1.29, 1.82) is 0 Å². The van der Waals surface area contributed by atoms with Gasteiger partial charge >= 0.3 is 12.1 Å². The Balaban J connectivity index is 2.76. The molecule has 0 fully saturated rings. The minimum Gasteiger partial charge on any atom is -0.454 e. The van der Waals surface area contributed by atoms with E-state index in [0.29, 0.717) is 12.1 Å². The molecule has 1 amide bonds. The van der Waals surface area contributed by atoms with Gasteiger partial charge in [0.1, 0.15) is 11.7 Å². The van der Waals surface area contributed by atoms with Gasteiger partial charge in [-0.1, -0.05) is 13.8 Å². The van der Waals surface area contributed by atoms with Crippen molar-refractivity contribution in [2.75, 3.05) is 11.9 Å². The van der Waals surface area contributed by atoms with Crippen molar-refractivity contribution in [3.63, 3.8) is 0 Å². The third kappa shape index (κ3) is 6.71. The number of benzene rings is 1. The topological polar surface area (TPSA) is 111 Å². The molecule has 8 nitrogen and oxygen atoms in total. The number of nitro benzene ring substituents is 1. The number of hydrogen-bond donors (Lipinski definition) is 2. The standard InChI is InChI=1S/C17H22F3N3O5/c1-9(2)10(3)22-15(24)8-28-16(25)11(4)21-13-6-5-12(17(18,19)20)7-14(13)23(26)27/h5-7,9-11,21H,8H2,1-4H3,(H,22,24)/t10-,11-/m0/s1. The molecule has 0 aromatic heterocycles. The lowest BCUT2D eigenvalue weighted by atomic mass is 10.1. The number of rotatable bonds is 8. The fourth-order valence-electron chi connectivity index (χ4n) is 2.00. The van der Waals surface area contributed by atoms with Crippen molar-refractivity contribution in [2.24, 2.45) is 5.92 Å². The summed E-state index contributed by atoms with van der Waals surface area (Å²) in [7, 11) is 0. The Bertz CT molecular complexity index is 737. The number of nitro groups is 1. The maximum absolute atomic E-state index is 12.7. The lowest BCUT2D eigenvalue weighted by Gasteiger charge is -2.18. The summed E-state index contributed by atoms with van der Waals surface area (Å²) in [6.07, 6.45) is -4.74. The highest BCUT2D eigenvalue weighted by molar-refractivity contribution is 5.84. The molecule has 0 saturated carbocycles. The molecule has 1 aromatic rings. The SMILES string of the molecule is CC(C)[C@H](C)NC(=O)COC(=O)[C@H](C)Nc1ccc(C(F)(F)F)cc1[N+](=O)[O-]. The van der Waals surface area contributed by atoms with E-state index in [1.807, 2.05) is 13.8 Å². The highest BCUT2D eigenvalue weighted by atomic mass is 19.4. The van der Waals surface area contributed by atoms with Crippen LogP contribution in [0.1, 0.15) is 33.3 Å². The molecule has 0 aliphatic rings. The number of hydrogen-bond acceptors (Lipinski definition) is 6. The predicted octanol–water partition coefficient (Wildman–Crippen LogP) is 3.12. The fraction of sp³-hybridized carbons (Fsp3) is 0.529. The average molecular weight is 405 g/mol. The lowest BCUT2D eigenvalue weighted by Crippen LogP contribution is -2.40. The van der Waals surface area contributed by atoms with E-state index in [-0.39, 0.29) is 17.6 Å². The van der Waals surface area contributed by atoms with E-state index in [1.54, 1.807) is 6.92 Å². The van der Waals surface area contributed by atoms with Gasteiger partial charge in [-0.05, 0) is 31.9 Å². The molecular weight excluding hydrogens is 383 g/mol. The maximum atomic E-state index is 12.7. The first-order valence-electron chi connectivity index (χ1n) is 8.41. The monoisotopic (exact) mass is 405 g/mol. The van der Waals surface area contributed by atoms with Crippen LogP contribution in [0.3, 0.4) is 0 Å². The predicted molar refractivity (Wildman–Crippen MR) is 94.6 cm³/mol. The number of anilines is 1. The number of carbonyl (C=O) groups is 2. The van der Waals surface area contributed by atoms with E-state index < -0.39 is 46.9 Å². The molecule has 1 aromatic carbocycles. The van der Waals surface area contributed by atoms with E-state index in [9.17, 15) is 32.9 Å². The number of ether oxygens (including phenoxy) is 1. The van der Waals surface area contributed by atoms with Crippen LogP contribution in [0.25, 0.3) is 0 Å². The Morgan fingerprint density at radius 2 is 1.82 bits per heavy atom. The molecule has 0 spiro atoms. The summed E-state index contributed by atoms with van der Waals surface area (Å²) in [5.74, 6) is -1.22. The van der Waals surface area contributed by atoms with Crippen molar-refractivity contribution < 1.29 is 32.4 Å². The summed E-state index contributed by atoms with van der Waals surface area (Å²) in [5.41, 5.74) is -2.30. The van der Waals surface area contributed by atoms with Crippen LogP contribution in [0.2, 0.25) is 0 Å². The molecule has 2 atom stereocenters. The molecule has 0 radical (unpaired) electrons. The zero-order valence-electron chi connectivity index (χ0n) is 15.8. The minimum absolute atomic E-state index is 0.128. The van der Waals surface area contributed by atoms with Crippen molar-refractivity contribution >= 4 is 23.3 Å². The highest BCUT2D eigenvalue weighted by Gasteiger charge is 2.33. The molecule has 0 unspecified atom stereocenters. The Hall–Kier alpha value is -2.85. The third-order valence-electron chi connectivity index (χ3n) is 3.98. The molecule has 0 aliphatic heterocycles. The molecule has 0 heterocycles. The van der Waals surface area contributed by atoms with E-state index in [0.717, 1.165) is 6.07 Å². The summed E-state index contributed by atoms with van der Waals surface area (Å²) in [4.78, 5) is 33.7.